The highest BCUT2D eigenvalue weighted by atomic mass is 16.5. The van der Waals surface area contributed by atoms with Crippen molar-refractivity contribution in [1.29, 1.82) is 0 Å². The lowest BCUT2D eigenvalue weighted by molar-refractivity contribution is 0.147. The summed E-state index contributed by atoms with van der Waals surface area (Å²) >= 11 is 0. The van der Waals surface area contributed by atoms with Crippen LogP contribution in [0, 0.1) is 12.8 Å². The first-order valence-electron chi connectivity index (χ1n) is 7.47. The number of anilines is 1. The van der Waals surface area contributed by atoms with Crippen LogP contribution >= 0.6 is 0 Å². The molecule has 1 aromatic heterocycles. The van der Waals surface area contributed by atoms with Gasteiger partial charge < -0.3 is 14.6 Å². The molecule has 1 rings (SSSR count). The zero-order chi connectivity index (χ0) is 14.3. The van der Waals surface area contributed by atoms with Crippen LogP contribution in [-0.2, 0) is 4.74 Å². The molecular formula is C15H29N3O. The summed E-state index contributed by atoms with van der Waals surface area (Å²) in [5.41, 5.74) is 1.07. The molecule has 0 saturated carbocycles. The van der Waals surface area contributed by atoms with Gasteiger partial charge in [0.1, 0.15) is 0 Å². The number of nitrogens with zero attached hydrogens (tertiary/aromatic N) is 2. The summed E-state index contributed by atoms with van der Waals surface area (Å²) in [5.74, 6) is 1.64. The van der Waals surface area contributed by atoms with Crippen LogP contribution in [0.3, 0.4) is 0 Å². The SMILES string of the molecule is CCOCCCNc1nc(C)cn1C(C)C(C)CC. The van der Waals surface area contributed by atoms with E-state index in [0.29, 0.717) is 12.0 Å². The summed E-state index contributed by atoms with van der Waals surface area (Å²) in [5, 5.41) is 3.42. The Morgan fingerprint density at radius 2 is 2.11 bits per heavy atom. The second-order valence-electron chi connectivity index (χ2n) is 5.22. The third-order valence-electron chi connectivity index (χ3n) is 3.71. The molecule has 0 aliphatic heterocycles. The quantitative estimate of drug-likeness (QED) is 0.694. The summed E-state index contributed by atoms with van der Waals surface area (Å²) in [6, 6.07) is 0.473. The summed E-state index contributed by atoms with van der Waals surface area (Å²) < 4.78 is 7.61. The van der Waals surface area contributed by atoms with Crippen molar-refractivity contribution < 1.29 is 4.74 Å². The number of ether oxygens (including phenoxy) is 1. The van der Waals surface area contributed by atoms with Crippen molar-refractivity contribution in [1.82, 2.24) is 9.55 Å². The lowest BCUT2D eigenvalue weighted by Crippen LogP contribution is -2.17. The van der Waals surface area contributed by atoms with Crippen LogP contribution in [0.1, 0.15) is 52.3 Å². The standard InChI is InChI=1S/C15H29N3O/c1-6-12(3)14(5)18-11-13(4)17-15(18)16-9-8-10-19-7-2/h11-12,14H,6-10H2,1-5H3,(H,16,17). The number of aryl methyl sites for hydroxylation is 1. The molecule has 0 aliphatic rings. The lowest BCUT2D eigenvalue weighted by atomic mass is 10.0. The van der Waals surface area contributed by atoms with E-state index in [9.17, 15) is 0 Å². The van der Waals surface area contributed by atoms with Gasteiger partial charge >= 0.3 is 0 Å². The van der Waals surface area contributed by atoms with Gasteiger partial charge in [0.15, 0.2) is 0 Å². The normalized spacial score (nSPS) is 14.4. The first-order valence-corrected chi connectivity index (χ1v) is 7.47. The van der Waals surface area contributed by atoms with Gasteiger partial charge in [-0.05, 0) is 33.1 Å². The van der Waals surface area contributed by atoms with Gasteiger partial charge in [-0.2, -0.15) is 0 Å². The fourth-order valence-corrected chi connectivity index (χ4v) is 2.09. The van der Waals surface area contributed by atoms with E-state index in [0.717, 1.165) is 37.8 Å². The van der Waals surface area contributed by atoms with E-state index < -0.39 is 0 Å². The Labute approximate surface area is 117 Å². The van der Waals surface area contributed by atoms with E-state index in [4.69, 9.17) is 4.74 Å². The number of aromatic nitrogens is 2. The molecule has 0 radical (unpaired) electrons. The van der Waals surface area contributed by atoms with Crippen molar-refractivity contribution in [2.24, 2.45) is 5.92 Å². The first kappa shape index (κ1) is 16.0. The van der Waals surface area contributed by atoms with Crippen LogP contribution in [-0.4, -0.2) is 29.3 Å². The molecule has 0 aliphatic carbocycles. The molecule has 1 N–H and O–H groups in total. The number of rotatable bonds is 9. The van der Waals surface area contributed by atoms with Crippen molar-refractivity contribution in [3.8, 4) is 0 Å². The maximum Gasteiger partial charge on any atom is 0.203 e. The van der Waals surface area contributed by atoms with Gasteiger partial charge in [-0.25, -0.2) is 4.98 Å². The smallest absolute Gasteiger partial charge is 0.203 e. The molecule has 0 bridgehead atoms. The van der Waals surface area contributed by atoms with Gasteiger partial charge in [0.25, 0.3) is 0 Å². The number of imidazole rings is 1. The van der Waals surface area contributed by atoms with Crippen LogP contribution in [0.4, 0.5) is 5.95 Å². The van der Waals surface area contributed by atoms with Gasteiger partial charge in [0.2, 0.25) is 5.95 Å². The van der Waals surface area contributed by atoms with E-state index in [1.807, 2.05) is 13.8 Å². The molecule has 0 aromatic carbocycles. The Morgan fingerprint density at radius 1 is 1.37 bits per heavy atom. The third kappa shape index (κ3) is 4.86. The minimum absolute atomic E-state index is 0.473. The Bertz CT molecular complexity index is 362. The van der Waals surface area contributed by atoms with E-state index in [-0.39, 0.29) is 0 Å². The van der Waals surface area contributed by atoms with E-state index in [2.05, 4.69) is 41.8 Å². The van der Waals surface area contributed by atoms with Crippen LogP contribution < -0.4 is 5.32 Å². The second-order valence-corrected chi connectivity index (χ2v) is 5.22. The minimum atomic E-state index is 0.473. The van der Waals surface area contributed by atoms with Crippen molar-refractivity contribution in [2.45, 2.75) is 53.5 Å². The molecule has 1 aromatic rings. The molecule has 0 fully saturated rings. The predicted molar refractivity (Wildman–Crippen MR) is 80.7 cm³/mol. The molecule has 19 heavy (non-hydrogen) atoms. The van der Waals surface area contributed by atoms with E-state index in [1.54, 1.807) is 0 Å². The summed E-state index contributed by atoms with van der Waals surface area (Å²) in [4.78, 5) is 4.58. The number of nitrogens with one attached hydrogen (secondary N) is 1. The Kier molecular flexibility index (Phi) is 6.92. The average Bonchev–Trinajstić information content (AvgIpc) is 2.77. The molecule has 1 heterocycles. The maximum atomic E-state index is 5.34. The Balaban J connectivity index is 2.57. The van der Waals surface area contributed by atoms with Crippen molar-refractivity contribution in [3.63, 3.8) is 0 Å². The summed E-state index contributed by atoms with van der Waals surface area (Å²) in [7, 11) is 0. The lowest BCUT2D eigenvalue weighted by Gasteiger charge is -2.22. The minimum Gasteiger partial charge on any atom is -0.382 e. The van der Waals surface area contributed by atoms with E-state index in [1.165, 1.54) is 6.42 Å². The maximum absolute atomic E-state index is 5.34. The van der Waals surface area contributed by atoms with Crippen LogP contribution in [0.5, 0.6) is 0 Å². The zero-order valence-corrected chi connectivity index (χ0v) is 13.1. The largest absolute Gasteiger partial charge is 0.382 e. The molecule has 110 valence electrons. The highest BCUT2D eigenvalue weighted by Crippen LogP contribution is 2.24. The van der Waals surface area contributed by atoms with Crippen LogP contribution in [0.15, 0.2) is 6.20 Å². The Hall–Kier alpha value is -1.03. The first-order chi connectivity index (χ1) is 9.10. The number of hydrogen-bond donors (Lipinski definition) is 1. The van der Waals surface area contributed by atoms with Crippen molar-refractivity contribution >= 4 is 5.95 Å². The fourth-order valence-electron chi connectivity index (χ4n) is 2.09. The molecule has 0 spiro atoms. The highest BCUT2D eigenvalue weighted by molar-refractivity contribution is 5.29. The molecule has 2 atom stereocenters. The van der Waals surface area contributed by atoms with Crippen LogP contribution in [0.2, 0.25) is 0 Å². The van der Waals surface area contributed by atoms with E-state index >= 15 is 0 Å². The molecule has 4 nitrogen and oxygen atoms in total. The van der Waals surface area contributed by atoms with Gasteiger partial charge in [-0.1, -0.05) is 20.3 Å². The second kappa shape index (κ2) is 8.20. The average molecular weight is 267 g/mol. The topological polar surface area (TPSA) is 39.1 Å². The predicted octanol–water partition coefficient (Wildman–Crippen LogP) is 3.64. The van der Waals surface area contributed by atoms with Crippen molar-refractivity contribution in [2.75, 3.05) is 25.1 Å². The molecule has 0 saturated heterocycles. The number of hydrogen-bond acceptors (Lipinski definition) is 3. The third-order valence-corrected chi connectivity index (χ3v) is 3.71. The summed E-state index contributed by atoms with van der Waals surface area (Å²) in [6.45, 7) is 13.4. The zero-order valence-electron chi connectivity index (χ0n) is 13.1. The molecular weight excluding hydrogens is 238 g/mol. The van der Waals surface area contributed by atoms with Gasteiger partial charge in [0, 0.05) is 32.0 Å². The van der Waals surface area contributed by atoms with Gasteiger partial charge in [0.05, 0.1) is 5.69 Å². The van der Waals surface area contributed by atoms with Gasteiger partial charge in [-0.15, -0.1) is 0 Å². The van der Waals surface area contributed by atoms with Gasteiger partial charge in [-0.3, -0.25) is 0 Å². The highest BCUT2D eigenvalue weighted by Gasteiger charge is 2.16. The Morgan fingerprint density at radius 3 is 2.74 bits per heavy atom. The summed E-state index contributed by atoms with van der Waals surface area (Å²) in [6.07, 6.45) is 4.33. The molecule has 2 unspecified atom stereocenters. The van der Waals surface area contributed by atoms with Crippen molar-refractivity contribution in [3.05, 3.63) is 11.9 Å². The monoisotopic (exact) mass is 267 g/mol. The molecule has 0 amide bonds. The molecule has 4 heteroatoms. The van der Waals surface area contributed by atoms with Crippen LogP contribution in [0.25, 0.3) is 0 Å². The fraction of sp³-hybridized carbons (Fsp3) is 0.800.